The number of nitrogens with zero attached hydrogens (tertiary/aromatic N) is 1. The fourth-order valence-corrected chi connectivity index (χ4v) is 1.31. The van der Waals surface area contributed by atoms with Crippen molar-refractivity contribution in [2.24, 2.45) is 0 Å². The standard InChI is InChI=1S/C11H8N2O2/c12-6-2-1-3-8-4-5-9-10(7-8)15-11(14)13-9/h1,3-5,7H,2H2,(H,13,14). The summed E-state index contributed by atoms with van der Waals surface area (Å²) in [5.41, 5.74) is 2.11. The van der Waals surface area contributed by atoms with Gasteiger partial charge in [-0.3, -0.25) is 4.98 Å². The van der Waals surface area contributed by atoms with Gasteiger partial charge in [0.2, 0.25) is 0 Å². The van der Waals surface area contributed by atoms with Crippen molar-refractivity contribution in [1.82, 2.24) is 4.98 Å². The van der Waals surface area contributed by atoms with Crippen LogP contribution in [0.3, 0.4) is 0 Å². The van der Waals surface area contributed by atoms with E-state index in [1.54, 1.807) is 18.2 Å². The average Bonchev–Trinajstić information content (AvgIpc) is 2.57. The van der Waals surface area contributed by atoms with E-state index in [0.717, 1.165) is 5.56 Å². The Morgan fingerprint density at radius 3 is 3.20 bits per heavy atom. The molecule has 2 rings (SSSR count). The first kappa shape index (κ1) is 9.28. The van der Waals surface area contributed by atoms with Crippen molar-refractivity contribution in [3.63, 3.8) is 0 Å². The number of H-pyrrole nitrogens is 1. The van der Waals surface area contributed by atoms with Crippen molar-refractivity contribution in [2.45, 2.75) is 6.42 Å². The number of allylic oxidation sites excluding steroid dienone is 1. The van der Waals surface area contributed by atoms with Gasteiger partial charge in [0.1, 0.15) is 0 Å². The highest BCUT2D eigenvalue weighted by atomic mass is 16.4. The lowest BCUT2D eigenvalue weighted by Crippen LogP contribution is -1.92. The third-order valence-electron chi connectivity index (χ3n) is 1.96. The van der Waals surface area contributed by atoms with Crippen LogP contribution in [0.5, 0.6) is 0 Å². The molecule has 74 valence electrons. The van der Waals surface area contributed by atoms with E-state index in [1.807, 2.05) is 18.2 Å². The Morgan fingerprint density at radius 2 is 2.40 bits per heavy atom. The summed E-state index contributed by atoms with van der Waals surface area (Å²) < 4.78 is 4.90. The second kappa shape index (κ2) is 3.84. The minimum absolute atomic E-state index is 0.370. The number of benzene rings is 1. The first-order chi connectivity index (χ1) is 7.29. The molecule has 0 bridgehead atoms. The summed E-state index contributed by atoms with van der Waals surface area (Å²) >= 11 is 0. The van der Waals surface area contributed by atoms with Gasteiger partial charge < -0.3 is 4.42 Å². The van der Waals surface area contributed by atoms with Gasteiger partial charge in [-0.2, -0.15) is 5.26 Å². The van der Waals surface area contributed by atoms with E-state index in [4.69, 9.17) is 9.68 Å². The summed E-state index contributed by atoms with van der Waals surface area (Å²) in [5, 5.41) is 8.35. The van der Waals surface area contributed by atoms with Gasteiger partial charge in [-0.15, -0.1) is 0 Å². The van der Waals surface area contributed by atoms with Crippen LogP contribution in [0.1, 0.15) is 12.0 Å². The third kappa shape index (κ3) is 1.97. The van der Waals surface area contributed by atoms with Crippen LogP contribution in [-0.4, -0.2) is 4.98 Å². The second-order valence-electron chi connectivity index (χ2n) is 3.03. The summed E-state index contributed by atoms with van der Waals surface area (Å²) in [6, 6.07) is 7.38. The summed E-state index contributed by atoms with van der Waals surface area (Å²) in [5.74, 6) is -0.455. The maximum atomic E-state index is 10.9. The Balaban J connectivity index is 2.39. The predicted octanol–water partition coefficient (Wildman–Crippen LogP) is 2.05. The third-order valence-corrected chi connectivity index (χ3v) is 1.96. The van der Waals surface area contributed by atoms with Crippen LogP contribution in [0.25, 0.3) is 17.2 Å². The number of fused-ring (bicyclic) bond motifs is 1. The molecule has 0 amide bonds. The van der Waals surface area contributed by atoms with E-state index < -0.39 is 5.76 Å². The normalized spacial score (nSPS) is 10.9. The van der Waals surface area contributed by atoms with E-state index in [-0.39, 0.29) is 0 Å². The molecule has 0 fully saturated rings. The fraction of sp³-hybridized carbons (Fsp3) is 0.0909. The van der Waals surface area contributed by atoms with Crippen molar-refractivity contribution < 1.29 is 4.42 Å². The number of hydrogen-bond donors (Lipinski definition) is 1. The predicted molar refractivity (Wildman–Crippen MR) is 56.1 cm³/mol. The second-order valence-corrected chi connectivity index (χ2v) is 3.03. The first-order valence-corrected chi connectivity index (χ1v) is 4.46. The molecule has 1 aromatic heterocycles. The molecular formula is C11H8N2O2. The van der Waals surface area contributed by atoms with Crippen molar-refractivity contribution >= 4 is 17.2 Å². The molecule has 15 heavy (non-hydrogen) atoms. The van der Waals surface area contributed by atoms with Crippen LogP contribution in [0.15, 0.2) is 33.5 Å². The van der Waals surface area contributed by atoms with Crippen LogP contribution in [0.2, 0.25) is 0 Å². The van der Waals surface area contributed by atoms with Gasteiger partial charge in [0.25, 0.3) is 0 Å². The highest BCUT2D eigenvalue weighted by molar-refractivity contribution is 5.75. The largest absolute Gasteiger partial charge is 0.417 e. The van der Waals surface area contributed by atoms with E-state index in [1.165, 1.54) is 0 Å². The molecule has 4 heteroatoms. The van der Waals surface area contributed by atoms with Crippen LogP contribution < -0.4 is 5.76 Å². The molecule has 0 saturated heterocycles. The van der Waals surface area contributed by atoms with Crippen LogP contribution >= 0.6 is 0 Å². The molecule has 1 aromatic carbocycles. The number of aromatic amines is 1. The number of aromatic nitrogens is 1. The summed E-state index contributed by atoms with van der Waals surface area (Å²) in [7, 11) is 0. The lowest BCUT2D eigenvalue weighted by atomic mass is 10.2. The molecule has 0 radical (unpaired) electrons. The summed E-state index contributed by atoms with van der Waals surface area (Å²) in [6.45, 7) is 0. The van der Waals surface area contributed by atoms with Gasteiger partial charge in [-0.1, -0.05) is 18.2 Å². The van der Waals surface area contributed by atoms with Gasteiger partial charge in [0, 0.05) is 0 Å². The zero-order chi connectivity index (χ0) is 10.7. The van der Waals surface area contributed by atoms with Crippen molar-refractivity contribution in [3.8, 4) is 6.07 Å². The zero-order valence-corrected chi connectivity index (χ0v) is 7.86. The smallest absolute Gasteiger partial charge is 0.408 e. The van der Waals surface area contributed by atoms with Crippen molar-refractivity contribution in [1.29, 1.82) is 5.26 Å². The maximum Gasteiger partial charge on any atom is 0.417 e. The quantitative estimate of drug-likeness (QED) is 0.806. The SMILES string of the molecule is N#CCC=Cc1ccc2[nH]c(=O)oc2c1. The molecule has 0 aliphatic heterocycles. The topological polar surface area (TPSA) is 69.8 Å². The van der Waals surface area contributed by atoms with E-state index >= 15 is 0 Å². The molecule has 1 heterocycles. The molecule has 0 aliphatic rings. The van der Waals surface area contributed by atoms with Gasteiger partial charge in [-0.25, -0.2) is 4.79 Å². The highest BCUT2D eigenvalue weighted by Gasteiger charge is 1.99. The maximum absolute atomic E-state index is 10.9. The van der Waals surface area contributed by atoms with E-state index in [0.29, 0.717) is 17.5 Å². The van der Waals surface area contributed by atoms with Crippen molar-refractivity contribution in [2.75, 3.05) is 0 Å². The van der Waals surface area contributed by atoms with Crippen LogP contribution in [-0.2, 0) is 0 Å². The van der Waals surface area contributed by atoms with Gasteiger partial charge in [-0.05, 0) is 17.7 Å². The van der Waals surface area contributed by atoms with Crippen LogP contribution in [0, 0.1) is 11.3 Å². The van der Waals surface area contributed by atoms with Gasteiger partial charge >= 0.3 is 5.76 Å². The van der Waals surface area contributed by atoms with Crippen LogP contribution in [0.4, 0.5) is 0 Å². The minimum atomic E-state index is -0.455. The molecule has 1 N–H and O–H groups in total. The molecular weight excluding hydrogens is 192 g/mol. The Hall–Kier alpha value is -2.28. The lowest BCUT2D eigenvalue weighted by Gasteiger charge is -1.91. The van der Waals surface area contributed by atoms with E-state index in [9.17, 15) is 4.79 Å². The highest BCUT2D eigenvalue weighted by Crippen LogP contribution is 2.13. The summed E-state index contributed by atoms with van der Waals surface area (Å²) in [6.07, 6.45) is 3.94. The monoisotopic (exact) mass is 200 g/mol. The number of rotatable bonds is 2. The Kier molecular flexibility index (Phi) is 2.38. The summed E-state index contributed by atoms with van der Waals surface area (Å²) in [4.78, 5) is 13.4. The number of nitrogens with one attached hydrogen (secondary N) is 1. The Labute approximate surface area is 85.5 Å². The average molecular weight is 200 g/mol. The van der Waals surface area contributed by atoms with Crippen molar-refractivity contribution in [3.05, 3.63) is 40.4 Å². The molecule has 2 aromatic rings. The number of nitriles is 1. The molecule has 0 saturated carbocycles. The Bertz CT molecular complexity index is 599. The molecule has 0 atom stereocenters. The lowest BCUT2D eigenvalue weighted by molar-refractivity contribution is 0.555. The number of hydrogen-bond acceptors (Lipinski definition) is 3. The zero-order valence-electron chi connectivity index (χ0n) is 7.86. The minimum Gasteiger partial charge on any atom is -0.408 e. The molecule has 0 aliphatic carbocycles. The molecule has 0 spiro atoms. The Morgan fingerprint density at radius 1 is 1.53 bits per heavy atom. The molecule has 0 unspecified atom stereocenters. The number of oxazole rings is 1. The van der Waals surface area contributed by atoms with E-state index in [2.05, 4.69) is 4.98 Å². The van der Waals surface area contributed by atoms with Gasteiger partial charge in [0.15, 0.2) is 5.58 Å². The van der Waals surface area contributed by atoms with Gasteiger partial charge in [0.05, 0.1) is 18.0 Å². The first-order valence-electron chi connectivity index (χ1n) is 4.46. The molecule has 4 nitrogen and oxygen atoms in total. The fourth-order valence-electron chi connectivity index (χ4n) is 1.31.